The number of carbonyl (C=O) groups is 3. The van der Waals surface area contributed by atoms with Crippen molar-refractivity contribution in [2.24, 2.45) is 0 Å². The van der Waals surface area contributed by atoms with E-state index in [9.17, 15) is 19.5 Å². The molecule has 8 rings (SSSR count). The highest BCUT2D eigenvalue weighted by Gasteiger charge is 2.45. The first-order valence-electron chi connectivity index (χ1n) is 17.5. The number of unbranched alkanes of at least 4 members (excludes halogenated alkanes) is 1. The Balaban J connectivity index is 0.957. The number of amides is 3. The minimum absolute atomic E-state index is 0.124. The van der Waals surface area contributed by atoms with E-state index < -0.39 is 24.1 Å². The number of aromatic nitrogens is 5. The lowest BCUT2D eigenvalue weighted by atomic mass is 10.0. The van der Waals surface area contributed by atoms with Crippen molar-refractivity contribution in [1.29, 1.82) is 0 Å². The fourth-order valence-corrected chi connectivity index (χ4v) is 8.23. The highest BCUT2D eigenvalue weighted by Crippen LogP contribution is 2.39. The molecular weight excluding hydrogens is 691 g/mol. The van der Waals surface area contributed by atoms with Crippen LogP contribution in [-0.4, -0.2) is 64.5 Å². The van der Waals surface area contributed by atoms with Gasteiger partial charge in [0.05, 0.1) is 40.4 Å². The van der Waals surface area contributed by atoms with E-state index in [0.29, 0.717) is 31.6 Å². The number of hydrogen-bond donors (Lipinski definition) is 2. The number of rotatable bonds is 6. The number of aliphatic hydroxyl groups is 1. The van der Waals surface area contributed by atoms with Crippen LogP contribution in [0.2, 0.25) is 0 Å². The van der Waals surface area contributed by atoms with Gasteiger partial charge in [0.1, 0.15) is 23.2 Å². The van der Waals surface area contributed by atoms with E-state index in [1.54, 1.807) is 35.7 Å². The van der Waals surface area contributed by atoms with Gasteiger partial charge in [-0.3, -0.25) is 28.5 Å². The van der Waals surface area contributed by atoms with Gasteiger partial charge in [-0.1, -0.05) is 60.1 Å². The van der Waals surface area contributed by atoms with Gasteiger partial charge in [-0.25, -0.2) is 0 Å². The lowest BCUT2D eigenvalue weighted by Gasteiger charge is -2.33. The van der Waals surface area contributed by atoms with Gasteiger partial charge in [0.2, 0.25) is 5.91 Å². The van der Waals surface area contributed by atoms with E-state index in [-0.39, 0.29) is 36.0 Å². The zero-order valence-electron chi connectivity index (χ0n) is 29.1. The first-order chi connectivity index (χ1) is 25.8. The number of aliphatic hydroxyl groups excluding tert-OH is 1. The number of imide groups is 1. The molecule has 3 atom stereocenters. The van der Waals surface area contributed by atoms with Gasteiger partial charge in [0.25, 0.3) is 11.8 Å². The Bertz CT molecular complexity index is 2390. The van der Waals surface area contributed by atoms with Crippen LogP contribution in [0.3, 0.4) is 0 Å². The van der Waals surface area contributed by atoms with E-state index in [1.165, 1.54) is 5.56 Å². The highest BCUT2D eigenvalue weighted by molar-refractivity contribution is 7.15. The van der Waals surface area contributed by atoms with Gasteiger partial charge < -0.3 is 15.2 Å². The van der Waals surface area contributed by atoms with Crippen LogP contribution in [0.15, 0.2) is 60.9 Å². The van der Waals surface area contributed by atoms with Crippen molar-refractivity contribution in [3.63, 3.8) is 0 Å². The van der Waals surface area contributed by atoms with E-state index >= 15 is 0 Å². The number of piperidine rings is 1. The third kappa shape index (κ3) is 6.55. The topological polar surface area (TPSA) is 144 Å². The van der Waals surface area contributed by atoms with Crippen LogP contribution in [0.1, 0.15) is 104 Å². The van der Waals surface area contributed by atoms with Crippen LogP contribution < -0.4 is 5.32 Å². The molecule has 2 unspecified atom stereocenters. The molecule has 5 aromatic rings. The third-order valence-corrected chi connectivity index (χ3v) is 10.9. The molecule has 0 saturated carbocycles. The van der Waals surface area contributed by atoms with Gasteiger partial charge in [0.15, 0.2) is 5.82 Å². The fourth-order valence-electron chi connectivity index (χ4n) is 6.99. The van der Waals surface area contributed by atoms with E-state index in [1.807, 2.05) is 42.9 Å². The van der Waals surface area contributed by atoms with Crippen LogP contribution in [0.5, 0.6) is 0 Å². The fraction of sp³-hybridized carbons (Fsp3) is 0.300. The summed E-state index contributed by atoms with van der Waals surface area (Å²) in [5.74, 6) is 13.3. The lowest BCUT2D eigenvalue weighted by Crippen LogP contribution is -2.57. The summed E-state index contributed by atoms with van der Waals surface area (Å²) >= 11 is 1.63. The number of hydrogen-bond acceptors (Lipinski definition) is 9. The van der Waals surface area contributed by atoms with Crippen LogP contribution >= 0.6 is 11.3 Å². The number of ether oxygens (including phenoxy) is 1. The molecule has 0 radical (unpaired) electrons. The summed E-state index contributed by atoms with van der Waals surface area (Å²) in [7, 11) is 0. The van der Waals surface area contributed by atoms with Crippen molar-refractivity contribution in [3.05, 3.63) is 116 Å². The Morgan fingerprint density at radius 3 is 2.72 bits per heavy atom. The summed E-state index contributed by atoms with van der Waals surface area (Å²) in [6, 6.07) is 14.5. The van der Waals surface area contributed by atoms with Crippen LogP contribution in [-0.2, 0) is 29.1 Å². The quantitative estimate of drug-likeness (QED) is 0.149. The number of nitrogens with zero attached hydrogens (tertiary/aromatic N) is 6. The van der Waals surface area contributed by atoms with Crippen LogP contribution in [0, 0.1) is 30.6 Å². The maximum absolute atomic E-state index is 13.4. The lowest BCUT2D eigenvalue weighted by molar-refractivity contribution is -0.129. The Morgan fingerprint density at radius 2 is 1.89 bits per heavy atom. The van der Waals surface area contributed by atoms with Crippen molar-refractivity contribution in [2.75, 3.05) is 0 Å². The molecule has 0 bridgehead atoms. The minimum Gasteiger partial charge on any atom is -0.372 e. The number of aryl methyl sites for hydroxylation is 2. The molecule has 266 valence electrons. The number of nitrogens with one attached hydrogen (secondary N) is 1. The second-order valence-corrected chi connectivity index (χ2v) is 14.2. The summed E-state index contributed by atoms with van der Waals surface area (Å²) in [6.07, 6.45) is 4.50. The summed E-state index contributed by atoms with van der Waals surface area (Å²) in [5.41, 5.74) is 5.20. The predicted octanol–water partition coefficient (Wildman–Crippen LogP) is 4.44. The number of fused-ring (bicyclic) bond motifs is 4. The minimum atomic E-state index is -1.31. The summed E-state index contributed by atoms with van der Waals surface area (Å²) in [5, 5.41) is 27.1. The van der Waals surface area contributed by atoms with Gasteiger partial charge in [0, 0.05) is 36.7 Å². The van der Waals surface area contributed by atoms with Gasteiger partial charge >= 0.3 is 0 Å². The van der Waals surface area contributed by atoms with Crippen LogP contribution in [0.25, 0.3) is 5.00 Å². The molecule has 13 heteroatoms. The van der Waals surface area contributed by atoms with E-state index in [2.05, 4.69) is 61.0 Å². The average molecular weight is 726 g/mol. The highest BCUT2D eigenvalue weighted by atomic mass is 32.1. The third-order valence-electron chi connectivity index (χ3n) is 9.70. The molecule has 6 heterocycles. The number of benzene rings is 2. The van der Waals surface area contributed by atoms with Crippen molar-refractivity contribution >= 4 is 29.1 Å². The number of carbonyl (C=O) groups excluding carboxylic acids is 3. The molecule has 3 aliphatic heterocycles. The van der Waals surface area contributed by atoms with Crippen LogP contribution in [0.4, 0.5) is 0 Å². The molecule has 0 spiro atoms. The summed E-state index contributed by atoms with van der Waals surface area (Å²) in [4.78, 5) is 40.2. The molecular formula is C40H35N7O5S. The molecule has 3 aliphatic rings. The van der Waals surface area contributed by atoms with Crippen molar-refractivity contribution < 1.29 is 24.2 Å². The van der Waals surface area contributed by atoms with Gasteiger partial charge in [-0.05, 0) is 56.4 Å². The second-order valence-electron chi connectivity index (χ2n) is 13.2. The predicted molar refractivity (Wildman–Crippen MR) is 195 cm³/mol. The van der Waals surface area contributed by atoms with E-state index in [4.69, 9.17) is 4.74 Å². The zero-order valence-corrected chi connectivity index (χ0v) is 29.9. The molecule has 1 fully saturated rings. The first kappa shape index (κ1) is 34.2. The monoisotopic (exact) mass is 725 g/mol. The number of thiophene rings is 1. The van der Waals surface area contributed by atoms with Gasteiger partial charge in [-0.2, -0.15) is 5.10 Å². The Labute approximate surface area is 309 Å². The molecule has 0 aliphatic carbocycles. The van der Waals surface area contributed by atoms with E-state index in [0.717, 1.165) is 49.5 Å². The summed E-state index contributed by atoms with van der Waals surface area (Å²) in [6.45, 7) is 5.04. The Kier molecular flexibility index (Phi) is 9.22. The Morgan fingerprint density at radius 1 is 1.04 bits per heavy atom. The molecule has 3 amide bonds. The van der Waals surface area contributed by atoms with Crippen molar-refractivity contribution in [2.45, 2.75) is 77.5 Å². The molecule has 2 N–H and O–H groups in total. The zero-order chi connectivity index (χ0) is 36.6. The van der Waals surface area contributed by atoms with Gasteiger partial charge in [-0.15, -0.1) is 21.5 Å². The first-order valence-corrected chi connectivity index (χ1v) is 18.3. The maximum Gasteiger partial charge on any atom is 0.263 e. The molecule has 12 nitrogen and oxygen atoms in total. The second kappa shape index (κ2) is 14.3. The Hall–Kier alpha value is -5.86. The standard InChI is InChI=1S/C40H35N7O5S/c1-24-36-44-43-25(2)46(36)40-31(23-52-24)30(20-26-10-5-3-6-11-26)33(53-40)17-15-27-21-41-45(22-27)19-8-4-7-12-28-13-9-14-29-35(28)39(51)47(38(29)50)32-16-18-34(48)42-37(32)49/h3,5-6,9-11,13-14,21-22,24,32,37,49H,4,8,16,18-20,23H2,1-2H3,(H,42,48)/t24-,32?,37?/m0/s1. The van der Waals surface area contributed by atoms with Crippen molar-refractivity contribution in [1.82, 2.24) is 34.8 Å². The molecule has 3 aromatic heterocycles. The molecule has 2 aromatic carbocycles. The SMILES string of the molecule is Cc1nnc2n1-c1sc(C#Cc3cnn(CCCC#Cc4cccc5c4C(=O)N(C4CCC(=O)NC4O)C5=O)c3)c(Cc3ccccc3)c1CO[C@H]2C. The molecule has 1 saturated heterocycles. The molecule has 53 heavy (non-hydrogen) atoms. The largest absolute Gasteiger partial charge is 0.372 e. The summed E-state index contributed by atoms with van der Waals surface area (Å²) < 4.78 is 10.2. The smallest absolute Gasteiger partial charge is 0.263 e. The van der Waals surface area contributed by atoms with Crippen molar-refractivity contribution in [3.8, 4) is 28.7 Å². The maximum atomic E-state index is 13.4. The average Bonchev–Trinajstić information content (AvgIpc) is 3.89. The normalized spacial score (nSPS) is 19.0.